The molecular weight excluding hydrogens is 434 g/mol. The van der Waals surface area contributed by atoms with E-state index in [-0.39, 0.29) is 23.8 Å². The molecule has 0 aliphatic carbocycles. The van der Waals surface area contributed by atoms with Crippen LogP contribution in [-0.4, -0.2) is 47.2 Å². The number of likely N-dealkylation sites (tertiary alicyclic amines) is 1. The molecule has 2 fully saturated rings. The molecule has 0 bridgehead atoms. The van der Waals surface area contributed by atoms with E-state index in [1.807, 2.05) is 62.6 Å². The summed E-state index contributed by atoms with van der Waals surface area (Å²) in [5.74, 6) is -1.01. The van der Waals surface area contributed by atoms with Gasteiger partial charge in [-0.05, 0) is 55.4 Å². The SMILES string of the molecule is CSCC[C@@H]1N[C@]2(C(=O)Nc3c2ccc(C)c3C)[C@H]2C(=O)N(CCc3ccccc3)C(=O)[C@H]12. The highest BCUT2D eigenvalue weighted by Crippen LogP contribution is 2.54. The molecule has 2 aromatic rings. The van der Waals surface area contributed by atoms with Crippen molar-refractivity contribution in [3.8, 4) is 0 Å². The van der Waals surface area contributed by atoms with Crippen molar-refractivity contribution in [3.63, 3.8) is 0 Å². The minimum Gasteiger partial charge on any atom is -0.324 e. The van der Waals surface area contributed by atoms with E-state index in [9.17, 15) is 14.4 Å². The van der Waals surface area contributed by atoms with Crippen LogP contribution in [-0.2, 0) is 26.3 Å². The van der Waals surface area contributed by atoms with Crippen LogP contribution in [0.3, 0.4) is 0 Å². The van der Waals surface area contributed by atoms with Gasteiger partial charge in [-0.15, -0.1) is 0 Å². The lowest BCUT2D eigenvalue weighted by molar-refractivity contribution is -0.142. The van der Waals surface area contributed by atoms with Gasteiger partial charge in [-0.2, -0.15) is 11.8 Å². The summed E-state index contributed by atoms with van der Waals surface area (Å²) in [5, 5.41) is 6.57. The van der Waals surface area contributed by atoms with Gasteiger partial charge in [0.15, 0.2) is 0 Å². The summed E-state index contributed by atoms with van der Waals surface area (Å²) in [6.07, 6.45) is 3.36. The predicted octanol–water partition coefficient (Wildman–Crippen LogP) is 3.02. The molecule has 2 saturated heterocycles. The number of benzene rings is 2. The average Bonchev–Trinajstić information content (AvgIpc) is 3.39. The Labute approximate surface area is 198 Å². The summed E-state index contributed by atoms with van der Waals surface area (Å²) >= 11 is 1.70. The van der Waals surface area contributed by atoms with Crippen LogP contribution in [0.5, 0.6) is 0 Å². The molecule has 0 unspecified atom stereocenters. The summed E-state index contributed by atoms with van der Waals surface area (Å²) < 4.78 is 0. The van der Waals surface area contributed by atoms with Crippen molar-refractivity contribution in [2.24, 2.45) is 11.8 Å². The minimum atomic E-state index is -1.20. The number of nitrogens with zero attached hydrogens (tertiary/aromatic N) is 1. The molecular formula is C26H29N3O3S. The van der Waals surface area contributed by atoms with E-state index in [1.54, 1.807) is 11.8 Å². The standard InChI is InChI=1S/C26H29N3O3S/c1-15-9-10-18-22(16(15)2)27-25(32)26(18)21-20(19(28-26)12-14-33-3)23(30)29(24(21)31)13-11-17-7-5-4-6-8-17/h4-10,19-21,28H,11-14H2,1-3H3,(H,27,32)/t19-,20+,21+,26-/m0/s1. The van der Waals surface area contributed by atoms with Gasteiger partial charge in [0.05, 0.1) is 11.8 Å². The average molecular weight is 464 g/mol. The zero-order valence-corrected chi connectivity index (χ0v) is 20.0. The number of carbonyl (C=O) groups is 3. The molecule has 2 aromatic carbocycles. The Bertz CT molecular complexity index is 1140. The van der Waals surface area contributed by atoms with Crippen molar-refractivity contribution < 1.29 is 14.4 Å². The molecule has 2 N–H and O–H groups in total. The summed E-state index contributed by atoms with van der Waals surface area (Å²) in [5.41, 5.74) is 3.54. The van der Waals surface area contributed by atoms with Crippen molar-refractivity contribution >= 4 is 35.2 Å². The molecule has 33 heavy (non-hydrogen) atoms. The molecule has 0 saturated carbocycles. The number of imide groups is 1. The monoisotopic (exact) mass is 463 g/mol. The highest BCUT2D eigenvalue weighted by Gasteiger charge is 2.70. The van der Waals surface area contributed by atoms with E-state index in [1.165, 1.54) is 4.90 Å². The number of carbonyl (C=O) groups excluding carboxylic acids is 3. The molecule has 172 valence electrons. The highest BCUT2D eigenvalue weighted by atomic mass is 32.2. The summed E-state index contributed by atoms with van der Waals surface area (Å²) in [6, 6.07) is 13.6. The number of thioether (sulfide) groups is 1. The Morgan fingerprint density at radius 1 is 1.03 bits per heavy atom. The van der Waals surface area contributed by atoms with Crippen molar-refractivity contribution in [3.05, 3.63) is 64.7 Å². The minimum absolute atomic E-state index is 0.151. The summed E-state index contributed by atoms with van der Waals surface area (Å²) in [6.45, 7) is 4.33. The highest BCUT2D eigenvalue weighted by molar-refractivity contribution is 7.98. The van der Waals surface area contributed by atoms with Crippen molar-refractivity contribution in [1.29, 1.82) is 0 Å². The Morgan fingerprint density at radius 3 is 2.52 bits per heavy atom. The van der Waals surface area contributed by atoms with E-state index in [4.69, 9.17) is 0 Å². The third kappa shape index (κ3) is 3.24. The van der Waals surface area contributed by atoms with Gasteiger partial charge >= 0.3 is 0 Å². The largest absolute Gasteiger partial charge is 0.324 e. The molecule has 3 aliphatic heterocycles. The van der Waals surface area contributed by atoms with Crippen molar-refractivity contribution in [2.75, 3.05) is 23.9 Å². The number of nitrogens with one attached hydrogen (secondary N) is 2. The van der Waals surface area contributed by atoms with E-state index >= 15 is 0 Å². The van der Waals surface area contributed by atoms with Crippen LogP contribution >= 0.6 is 11.8 Å². The second-order valence-corrected chi connectivity index (χ2v) is 10.3. The fourth-order valence-electron chi connectivity index (χ4n) is 5.78. The molecule has 4 atom stereocenters. The first-order valence-electron chi connectivity index (χ1n) is 11.5. The van der Waals surface area contributed by atoms with Gasteiger partial charge in [-0.25, -0.2) is 0 Å². The smallest absolute Gasteiger partial charge is 0.250 e. The number of aryl methyl sites for hydroxylation is 1. The Morgan fingerprint density at radius 2 is 1.79 bits per heavy atom. The number of fused-ring (bicyclic) bond motifs is 4. The van der Waals surface area contributed by atoms with E-state index in [0.29, 0.717) is 13.0 Å². The van der Waals surface area contributed by atoms with E-state index in [0.717, 1.165) is 40.1 Å². The molecule has 3 heterocycles. The van der Waals surface area contributed by atoms with Gasteiger partial charge in [0, 0.05) is 23.8 Å². The van der Waals surface area contributed by atoms with Crippen LogP contribution in [0.1, 0.15) is 28.7 Å². The third-order valence-corrected chi connectivity index (χ3v) is 8.26. The first-order chi connectivity index (χ1) is 15.9. The molecule has 7 heteroatoms. The Hall–Kier alpha value is -2.64. The van der Waals surface area contributed by atoms with Crippen LogP contribution in [0.25, 0.3) is 0 Å². The molecule has 3 amide bonds. The number of hydrogen-bond acceptors (Lipinski definition) is 5. The first kappa shape index (κ1) is 22.2. The Kier molecular flexibility index (Phi) is 5.57. The fourth-order valence-corrected chi connectivity index (χ4v) is 6.27. The summed E-state index contributed by atoms with van der Waals surface area (Å²) in [4.78, 5) is 42.3. The summed E-state index contributed by atoms with van der Waals surface area (Å²) in [7, 11) is 0. The van der Waals surface area contributed by atoms with Gasteiger partial charge in [0.25, 0.3) is 0 Å². The van der Waals surface area contributed by atoms with Crippen molar-refractivity contribution in [1.82, 2.24) is 10.2 Å². The molecule has 6 nitrogen and oxygen atoms in total. The normalized spacial score (nSPS) is 27.9. The van der Waals surface area contributed by atoms with Gasteiger partial charge in [-0.1, -0.05) is 42.5 Å². The molecule has 5 rings (SSSR count). The zero-order chi connectivity index (χ0) is 23.3. The van der Waals surface area contributed by atoms with Gasteiger partial charge in [-0.3, -0.25) is 24.6 Å². The van der Waals surface area contributed by atoms with Gasteiger partial charge in [0.1, 0.15) is 5.54 Å². The molecule has 0 aromatic heterocycles. The number of amides is 3. The van der Waals surface area contributed by atoms with Gasteiger partial charge in [0.2, 0.25) is 17.7 Å². The van der Waals surface area contributed by atoms with Crippen LogP contribution in [0, 0.1) is 25.7 Å². The van der Waals surface area contributed by atoms with Gasteiger partial charge < -0.3 is 5.32 Å². The van der Waals surface area contributed by atoms with E-state index in [2.05, 4.69) is 10.6 Å². The lowest BCUT2D eigenvalue weighted by atomic mass is 9.76. The fraction of sp³-hybridized carbons (Fsp3) is 0.423. The molecule has 3 aliphatic rings. The number of rotatable bonds is 6. The van der Waals surface area contributed by atoms with Crippen LogP contribution in [0.4, 0.5) is 5.69 Å². The predicted molar refractivity (Wildman–Crippen MR) is 130 cm³/mol. The number of anilines is 1. The second kappa shape index (κ2) is 8.29. The lowest BCUT2D eigenvalue weighted by Crippen LogP contribution is -2.53. The zero-order valence-electron chi connectivity index (χ0n) is 19.2. The van der Waals surface area contributed by atoms with E-state index < -0.39 is 17.4 Å². The Balaban J connectivity index is 1.54. The quantitative estimate of drug-likeness (QED) is 0.644. The topological polar surface area (TPSA) is 78.5 Å². The third-order valence-electron chi connectivity index (χ3n) is 7.61. The molecule has 0 radical (unpaired) electrons. The lowest BCUT2D eigenvalue weighted by Gasteiger charge is -2.29. The van der Waals surface area contributed by atoms with Crippen LogP contribution < -0.4 is 10.6 Å². The maximum absolute atomic E-state index is 13.8. The van der Waals surface area contributed by atoms with Crippen LogP contribution in [0.15, 0.2) is 42.5 Å². The van der Waals surface area contributed by atoms with Crippen molar-refractivity contribution in [2.45, 2.75) is 38.3 Å². The first-order valence-corrected chi connectivity index (χ1v) is 12.9. The number of hydrogen-bond donors (Lipinski definition) is 2. The van der Waals surface area contributed by atoms with Crippen LogP contribution in [0.2, 0.25) is 0 Å². The second-order valence-electron chi connectivity index (χ2n) is 9.29. The molecule has 1 spiro atoms. The maximum atomic E-state index is 13.8. The maximum Gasteiger partial charge on any atom is 0.250 e.